The van der Waals surface area contributed by atoms with E-state index in [1.807, 2.05) is 16.6 Å². The summed E-state index contributed by atoms with van der Waals surface area (Å²) in [6, 6.07) is 4.49. The number of nitrogens with one attached hydrogen (secondary N) is 1. The van der Waals surface area contributed by atoms with Crippen molar-refractivity contribution in [3.8, 4) is 0 Å². The highest BCUT2D eigenvalue weighted by atomic mass is 27.1. The van der Waals surface area contributed by atoms with E-state index in [0.29, 0.717) is 11.4 Å². The molecule has 0 fully saturated rings. The van der Waals surface area contributed by atoms with Crippen molar-refractivity contribution >= 4 is 40.7 Å². The van der Waals surface area contributed by atoms with Gasteiger partial charge in [0.15, 0.2) is 0 Å². The molecule has 1 N–H and O–H groups in total. The van der Waals surface area contributed by atoms with E-state index in [-0.39, 0.29) is 5.56 Å². The maximum Gasteiger partial charge on any atom is 0.485 e. The first kappa shape index (κ1) is 10.6. The molecule has 0 saturated heterocycles. The van der Waals surface area contributed by atoms with Gasteiger partial charge in [-0.25, -0.2) is 10.3 Å². The van der Waals surface area contributed by atoms with E-state index in [4.69, 9.17) is 5.53 Å². The molecule has 0 saturated carbocycles. The number of nitrogens with zero attached hydrogens (tertiary/aromatic N) is 2. The molecule has 1 aromatic rings. The van der Waals surface area contributed by atoms with E-state index in [1.54, 1.807) is 6.07 Å². The minimum Gasteiger partial charge on any atom is -0.625 e. The predicted octanol–water partition coefficient (Wildman–Crippen LogP) is 1.92. The third-order valence-corrected chi connectivity index (χ3v) is 1.77. The van der Waals surface area contributed by atoms with Gasteiger partial charge in [-0.1, -0.05) is 0 Å². The molecule has 6 heteroatoms. The molecule has 0 atom stereocenters. The van der Waals surface area contributed by atoms with Crippen molar-refractivity contribution in [2.75, 3.05) is 0 Å². The minimum atomic E-state index is -0.523. The largest absolute Gasteiger partial charge is 0.625 e. The van der Waals surface area contributed by atoms with Crippen molar-refractivity contribution in [2.24, 2.45) is 10.1 Å². The van der Waals surface area contributed by atoms with E-state index in [1.165, 1.54) is 12.1 Å². The number of benzene rings is 1. The summed E-state index contributed by atoms with van der Waals surface area (Å²) in [6.45, 7) is 3.32. The smallest absolute Gasteiger partial charge is 0.485 e. The van der Waals surface area contributed by atoms with Crippen molar-refractivity contribution in [1.82, 2.24) is 0 Å². The van der Waals surface area contributed by atoms with E-state index >= 15 is 0 Å². The molecule has 0 aliphatic carbocycles. The normalized spacial score (nSPS) is 9.14. The van der Waals surface area contributed by atoms with Gasteiger partial charge in [0.2, 0.25) is 0 Å². The molecule has 14 heavy (non-hydrogen) atoms. The van der Waals surface area contributed by atoms with Crippen LogP contribution in [0.5, 0.6) is 0 Å². The summed E-state index contributed by atoms with van der Waals surface area (Å²) < 4.78 is 4.45. The Morgan fingerprint density at radius 1 is 1.43 bits per heavy atom. The van der Waals surface area contributed by atoms with Crippen LogP contribution in [0.25, 0.3) is 0 Å². The Balaban J connectivity index is 3.23. The molecule has 0 heterocycles. The van der Waals surface area contributed by atoms with E-state index < -0.39 is 5.97 Å². The summed E-state index contributed by atoms with van der Waals surface area (Å²) >= 11 is 1.86. The Labute approximate surface area is 89.1 Å². The Bertz CT molecular complexity index is 366. The van der Waals surface area contributed by atoms with Gasteiger partial charge >= 0.3 is 22.6 Å². The fourth-order valence-electron chi connectivity index (χ4n) is 0.937. The highest BCUT2D eigenvalue weighted by molar-refractivity contribution is 6.09. The van der Waals surface area contributed by atoms with Crippen molar-refractivity contribution in [3.05, 3.63) is 23.8 Å². The van der Waals surface area contributed by atoms with Gasteiger partial charge in [0.25, 0.3) is 0 Å². The number of carbonyl (C=O) groups excluding carboxylic acids is 1. The third-order valence-electron chi connectivity index (χ3n) is 1.56. The van der Waals surface area contributed by atoms with Crippen LogP contribution in [-0.4, -0.2) is 29.3 Å². The van der Waals surface area contributed by atoms with Crippen LogP contribution in [0.3, 0.4) is 0 Å². The van der Waals surface area contributed by atoms with Crippen molar-refractivity contribution in [3.63, 3.8) is 0 Å². The zero-order valence-electron chi connectivity index (χ0n) is 7.23. The Morgan fingerprint density at radius 2 is 2.07 bits per heavy atom. The molecule has 0 bridgehead atoms. The topological polar surface area (TPSA) is 74.9 Å². The highest BCUT2D eigenvalue weighted by Gasteiger charge is 2.06. The second-order valence-electron chi connectivity index (χ2n) is 2.41. The van der Waals surface area contributed by atoms with Gasteiger partial charge < -0.3 is 3.79 Å². The second-order valence-corrected chi connectivity index (χ2v) is 2.65. The lowest BCUT2D eigenvalue weighted by molar-refractivity contribution is 0.0749. The zero-order valence-corrected chi connectivity index (χ0v) is 8.38. The van der Waals surface area contributed by atoms with E-state index in [0.717, 1.165) is 0 Å². The van der Waals surface area contributed by atoms with Crippen molar-refractivity contribution in [2.45, 2.75) is 0 Å². The van der Waals surface area contributed by atoms with Gasteiger partial charge in [-0.05, 0) is 24.9 Å². The van der Waals surface area contributed by atoms with Gasteiger partial charge in [-0.2, -0.15) is 5.11 Å². The number of aliphatic imine (C=N–C) groups is 1. The Kier molecular flexibility index (Phi) is 3.51. The van der Waals surface area contributed by atoms with E-state index in [9.17, 15) is 4.79 Å². The summed E-state index contributed by atoms with van der Waals surface area (Å²) in [5, 5.41) is 3.20. The lowest BCUT2D eigenvalue weighted by Gasteiger charge is -2.03. The molecular weight excluding hydrogens is 197 g/mol. The average Bonchev–Trinajstić information content (AvgIpc) is 2.27. The second kappa shape index (κ2) is 4.65. The summed E-state index contributed by atoms with van der Waals surface area (Å²) in [4.78, 5) is 14.8. The lowest BCUT2D eigenvalue weighted by atomic mass is 10.2. The van der Waals surface area contributed by atoms with E-state index in [2.05, 4.69) is 20.6 Å². The molecule has 0 aliphatic heterocycles. The monoisotopic (exact) mass is 203 g/mol. The summed E-state index contributed by atoms with van der Waals surface area (Å²) in [5.74, 6) is -0.523. The first-order valence-corrected chi connectivity index (χ1v) is 4.08. The number of hydrogen-bond donors (Lipinski definition) is 1. The highest BCUT2D eigenvalue weighted by Crippen LogP contribution is 2.23. The van der Waals surface area contributed by atoms with Gasteiger partial charge in [0, 0.05) is 0 Å². The predicted molar refractivity (Wildman–Crippen MR) is 51.6 cm³/mol. The summed E-state index contributed by atoms with van der Waals surface area (Å²) in [5.41, 5.74) is 7.91. The molecule has 1 aromatic carbocycles. The number of hydrogen-bond acceptors (Lipinski definition) is 5. The van der Waals surface area contributed by atoms with Gasteiger partial charge in [-0.3, -0.25) is 4.99 Å². The molecule has 0 amide bonds. The van der Waals surface area contributed by atoms with Crippen LogP contribution in [0.4, 0.5) is 11.4 Å². The van der Waals surface area contributed by atoms with Crippen LogP contribution in [0.15, 0.2) is 28.3 Å². The Hall–Kier alpha value is -1.51. The van der Waals surface area contributed by atoms with Crippen LogP contribution in [0.1, 0.15) is 10.4 Å². The molecule has 0 spiro atoms. The fourth-order valence-corrected chi connectivity index (χ4v) is 1.07. The molecule has 1 rings (SSSR count). The maximum atomic E-state index is 11.1. The molecule has 0 aliphatic rings. The molecular formula is C8H6AlN3O2. The number of carbonyl (C=O) groups is 1. The molecule has 0 aromatic heterocycles. The minimum absolute atomic E-state index is 0.288. The average molecular weight is 203 g/mol. The number of rotatable bonds is 3. The molecule has 0 unspecified atom stereocenters. The van der Waals surface area contributed by atoms with Crippen LogP contribution in [-0.2, 0) is 3.79 Å². The molecule has 5 nitrogen and oxygen atoms in total. The molecule has 68 valence electrons. The van der Waals surface area contributed by atoms with Crippen molar-refractivity contribution in [1.29, 1.82) is 5.53 Å². The van der Waals surface area contributed by atoms with Crippen LogP contribution in [0.2, 0.25) is 0 Å². The zero-order chi connectivity index (χ0) is 10.6. The van der Waals surface area contributed by atoms with Crippen LogP contribution >= 0.6 is 0 Å². The standard InChI is InChI=1S/C8H7N3O2.Al/c1-10-6-2-5(8(12)13)3-7(4-6)11-9;/h2-4,9H,1H2,(H,12,13);/q;+1/p-1. The van der Waals surface area contributed by atoms with Gasteiger partial charge in [0.1, 0.15) is 0 Å². The third kappa shape index (κ3) is 2.25. The lowest BCUT2D eigenvalue weighted by Crippen LogP contribution is -2.01. The fraction of sp³-hybridized carbons (Fsp3) is 0. The van der Waals surface area contributed by atoms with Gasteiger partial charge in [0.05, 0.1) is 16.9 Å². The SMILES string of the molecule is C=Nc1cc(N=N)cc(C(=O)[O][Al])c1. The van der Waals surface area contributed by atoms with Crippen molar-refractivity contribution < 1.29 is 8.58 Å². The Morgan fingerprint density at radius 3 is 2.57 bits per heavy atom. The first-order valence-electron chi connectivity index (χ1n) is 3.61. The van der Waals surface area contributed by atoms with Crippen LogP contribution < -0.4 is 0 Å². The molecule has 2 radical (unpaired) electrons. The van der Waals surface area contributed by atoms with Crippen LogP contribution in [0, 0.1) is 5.53 Å². The first-order chi connectivity index (χ1) is 6.71. The maximum absolute atomic E-state index is 11.1. The van der Waals surface area contributed by atoms with Gasteiger partial charge in [-0.15, -0.1) is 0 Å². The summed E-state index contributed by atoms with van der Waals surface area (Å²) in [7, 11) is 0. The summed E-state index contributed by atoms with van der Waals surface area (Å²) in [6.07, 6.45) is 0. The quantitative estimate of drug-likeness (QED) is 0.463.